The molecule has 0 heterocycles. The van der Waals surface area contributed by atoms with Gasteiger partial charge < -0.3 is 10.4 Å². The van der Waals surface area contributed by atoms with Crippen LogP contribution in [0.1, 0.15) is 24.1 Å². The molecule has 2 aromatic rings. The highest BCUT2D eigenvalue weighted by Crippen LogP contribution is 2.21. The Morgan fingerprint density at radius 2 is 2.00 bits per heavy atom. The maximum atomic E-state index is 12.3. The van der Waals surface area contributed by atoms with Crippen molar-refractivity contribution in [2.45, 2.75) is 13.0 Å². The lowest BCUT2D eigenvalue weighted by Gasteiger charge is -2.13. The first kappa shape index (κ1) is 17.0. The number of carbonyl (C=O) groups excluding carboxylic acids is 1. The van der Waals surface area contributed by atoms with Gasteiger partial charge in [0, 0.05) is 0 Å². The van der Waals surface area contributed by atoms with Gasteiger partial charge in [-0.25, -0.2) is 0 Å². The Morgan fingerprint density at radius 1 is 1.30 bits per heavy atom. The molecule has 5 heteroatoms. The smallest absolute Gasteiger partial charge is 0.262 e. The number of phenolic OH excluding ortho intramolecular Hbond substituents is 1. The summed E-state index contributed by atoms with van der Waals surface area (Å²) in [7, 11) is 0. The number of amides is 1. The fourth-order valence-electron chi connectivity index (χ4n) is 2.03. The summed E-state index contributed by atoms with van der Waals surface area (Å²) in [4.78, 5) is 12.3. The Hall–Kier alpha value is -2.33. The van der Waals surface area contributed by atoms with Crippen molar-refractivity contribution in [3.05, 3.63) is 68.8 Å². The van der Waals surface area contributed by atoms with Crippen LogP contribution < -0.4 is 5.32 Å². The second-order valence-electron chi connectivity index (χ2n) is 4.99. The number of carbonyl (C=O) groups is 1. The van der Waals surface area contributed by atoms with Crippen LogP contribution >= 0.6 is 22.6 Å². The van der Waals surface area contributed by atoms with Crippen molar-refractivity contribution in [3.8, 4) is 11.8 Å². The number of halogens is 1. The van der Waals surface area contributed by atoms with Gasteiger partial charge in [-0.15, -0.1) is 0 Å². The minimum Gasteiger partial charge on any atom is -0.507 e. The largest absolute Gasteiger partial charge is 0.507 e. The van der Waals surface area contributed by atoms with Crippen molar-refractivity contribution < 1.29 is 9.90 Å². The molecule has 0 aliphatic carbocycles. The topological polar surface area (TPSA) is 73.1 Å². The van der Waals surface area contributed by atoms with E-state index in [2.05, 4.69) is 5.32 Å². The van der Waals surface area contributed by atoms with E-state index < -0.39 is 5.91 Å². The molecule has 1 atom stereocenters. The molecule has 0 fully saturated rings. The lowest BCUT2D eigenvalue weighted by molar-refractivity contribution is -0.117. The molecule has 0 radical (unpaired) electrons. The predicted octanol–water partition coefficient (Wildman–Crippen LogP) is 3.78. The van der Waals surface area contributed by atoms with Crippen LogP contribution in [0.4, 0.5) is 0 Å². The summed E-state index contributed by atoms with van der Waals surface area (Å²) in [6.45, 7) is 1.87. The van der Waals surface area contributed by atoms with Gasteiger partial charge >= 0.3 is 0 Å². The third-order valence-corrected chi connectivity index (χ3v) is 4.16. The van der Waals surface area contributed by atoms with Gasteiger partial charge in [-0.1, -0.05) is 36.4 Å². The van der Waals surface area contributed by atoms with E-state index in [1.54, 1.807) is 12.1 Å². The summed E-state index contributed by atoms with van der Waals surface area (Å²) in [5.74, 6) is -0.254. The van der Waals surface area contributed by atoms with Gasteiger partial charge in [-0.05, 0) is 58.9 Å². The average molecular weight is 418 g/mol. The first-order chi connectivity index (χ1) is 11.0. The van der Waals surface area contributed by atoms with E-state index in [1.165, 1.54) is 12.1 Å². The van der Waals surface area contributed by atoms with Crippen molar-refractivity contribution in [1.82, 2.24) is 5.32 Å². The summed E-state index contributed by atoms with van der Waals surface area (Å²) < 4.78 is 0.659. The first-order valence-electron chi connectivity index (χ1n) is 6.97. The molecular weight excluding hydrogens is 403 g/mol. The quantitative estimate of drug-likeness (QED) is 0.451. The lowest BCUT2D eigenvalue weighted by Crippen LogP contribution is -2.27. The molecule has 0 bridgehead atoms. The Balaban J connectivity index is 2.17. The van der Waals surface area contributed by atoms with Crippen LogP contribution in [-0.4, -0.2) is 11.0 Å². The SMILES string of the molecule is C[C@H](NC(=O)/C(C#N)=C\c1ccc(O)c(I)c1)c1ccccc1. The van der Waals surface area contributed by atoms with Crippen molar-refractivity contribution in [3.63, 3.8) is 0 Å². The van der Waals surface area contributed by atoms with Crippen LogP contribution in [0.3, 0.4) is 0 Å². The van der Waals surface area contributed by atoms with Crippen LogP contribution in [0.5, 0.6) is 5.75 Å². The number of nitrogens with one attached hydrogen (secondary N) is 1. The second kappa shape index (κ2) is 7.79. The highest BCUT2D eigenvalue weighted by atomic mass is 127. The Kier molecular flexibility index (Phi) is 5.77. The molecule has 2 N–H and O–H groups in total. The molecule has 2 rings (SSSR count). The van der Waals surface area contributed by atoms with Gasteiger partial charge in [-0.2, -0.15) is 5.26 Å². The van der Waals surface area contributed by atoms with Crippen molar-refractivity contribution in [2.75, 3.05) is 0 Å². The summed E-state index contributed by atoms with van der Waals surface area (Å²) in [5.41, 5.74) is 1.68. The van der Waals surface area contributed by atoms with Gasteiger partial charge in [0.2, 0.25) is 0 Å². The maximum absolute atomic E-state index is 12.3. The minimum absolute atomic E-state index is 0.0225. The van der Waals surface area contributed by atoms with Gasteiger partial charge in [0.1, 0.15) is 17.4 Å². The molecule has 0 aliphatic rings. The van der Waals surface area contributed by atoms with Gasteiger partial charge in [0.05, 0.1) is 9.61 Å². The molecule has 0 saturated carbocycles. The molecule has 0 spiro atoms. The molecule has 2 aromatic carbocycles. The summed E-state index contributed by atoms with van der Waals surface area (Å²) in [5, 5.41) is 21.6. The van der Waals surface area contributed by atoms with Crippen LogP contribution in [0, 0.1) is 14.9 Å². The minimum atomic E-state index is -0.424. The number of hydrogen-bond acceptors (Lipinski definition) is 3. The van der Waals surface area contributed by atoms with E-state index in [4.69, 9.17) is 0 Å². The number of phenols is 1. The molecule has 0 saturated heterocycles. The number of benzene rings is 2. The monoisotopic (exact) mass is 418 g/mol. The number of hydrogen-bond donors (Lipinski definition) is 2. The van der Waals surface area contributed by atoms with E-state index in [0.717, 1.165) is 5.56 Å². The zero-order valence-corrected chi connectivity index (χ0v) is 14.6. The number of nitriles is 1. The fourth-order valence-corrected chi connectivity index (χ4v) is 2.57. The maximum Gasteiger partial charge on any atom is 0.262 e. The van der Waals surface area contributed by atoms with E-state index in [9.17, 15) is 15.2 Å². The molecule has 0 aromatic heterocycles. The highest BCUT2D eigenvalue weighted by Gasteiger charge is 2.13. The Labute approximate surface area is 148 Å². The Bertz CT molecular complexity index is 779. The van der Waals surface area contributed by atoms with Crippen LogP contribution in [0.25, 0.3) is 6.08 Å². The summed E-state index contributed by atoms with van der Waals surface area (Å²) >= 11 is 1.99. The zero-order chi connectivity index (χ0) is 16.8. The molecule has 0 aliphatic heterocycles. The molecule has 116 valence electrons. The van der Waals surface area contributed by atoms with E-state index in [-0.39, 0.29) is 17.4 Å². The predicted molar refractivity (Wildman–Crippen MR) is 97.4 cm³/mol. The van der Waals surface area contributed by atoms with E-state index in [1.807, 2.05) is 65.9 Å². The molecular formula is C18H15IN2O2. The third-order valence-electron chi connectivity index (χ3n) is 3.29. The normalized spacial score (nSPS) is 12.3. The van der Waals surface area contributed by atoms with Gasteiger partial charge in [-0.3, -0.25) is 4.79 Å². The fraction of sp³-hybridized carbons (Fsp3) is 0.111. The van der Waals surface area contributed by atoms with Crippen LogP contribution in [0.15, 0.2) is 54.1 Å². The average Bonchev–Trinajstić information content (AvgIpc) is 2.56. The van der Waals surface area contributed by atoms with Crippen LogP contribution in [-0.2, 0) is 4.79 Å². The molecule has 1 amide bonds. The van der Waals surface area contributed by atoms with E-state index in [0.29, 0.717) is 9.13 Å². The second-order valence-corrected chi connectivity index (χ2v) is 6.15. The summed E-state index contributed by atoms with van der Waals surface area (Å²) in [6, 6.07) is 16.2. The standard InChI is InChI=1S/C18H15IN2O2/c1-12(14-5-3-2-4-6-14)21-18(23)15(11-20)9-13-7-8-17(22)16(19)10-13/h2-10,12,22H,1H3,(H,21,23)/b15-9-/t12-/m0/s1. The van der Waals surface area contributed by atoms with E-state index >= 15 is 0 Å². The molecule has 0 unspecified atom stereocenters. The number of rotatable bonds is 4. The molecule has 23 heavy (non-hydrogen) atoms. The molecule has 4 nitrogen and oxygen atoms in total. The van der Waals surface area contributed by atoms with Crippen molar-refractivity contribution >= 4 is 34.6 Å². The third kappa shape index (κ3) is 4.57. The number of aromatic hydroxyl groups is 1. The van der Waals surface area contributed by atoms with Gasteiger partial charge in [0.25, 0.3) is 5.91 Å². The van der Waals surface area contributed by atoms with Crippen molar-refractivity contribution in [1.29, 1.82) is 5.26 Å². The first-order valence-corrected chi connectivity index (χ1v) is 8.05. The number of nitrogens with zero attached hydrogens (tertiary/aromatic N) is 1. The highest BCUT2D eigenvalue weighted by molar-refractivity contribution is 14.1. The van der Waals surface area contributed by atoms with Gasteiger partial charge in [0.15, 0.2) is 0 Å². The van der Waals surface area contributed by atoms with Crippen LogP contribution in [0.2, 0.25) is 0 Å². The Morgan fingerprint density at radius 3 is 2.61 bits per heavy atom. The zero-order valence-electron chi connectivity index (χ0n) is 12.5. The lowest BCUT2D eigenvalue weighted by atomic mass is 10.1. The summed E-state index contributed by atoms with van der Waals surface area (Å²) in [6.07, 6.45) is 1.51. The van der Waals surface area contributed by atoms with Crippen molar-refractivity contribution in [2.24, 2.45) is 0 Å².